The van der Waals surface area contributed by atoms with E-state index < -0.39 is 0 Å². The third-order valence-electron chi connectivity index (χ3n) is 4.24. The van der Waals surface area contributed by atoms with Gasteiger partial charge in [0.2, 0.25) is 0 Å². The summed E-state index contributed by atoms with van der Waals surface area (Å²) < 4.78 is 0. The molecule has 1 heterocycles. The van der Waals surface area contributed by atoms with Gasteiger partial charge in [-0.15, -0.1) is 11.3 Å². The van der Waals surface area contributed by atoms with Gasteiger partial charge in [-0.2, -0.15) is 10.4 Å². The number of hydrogen-bond donors (Lipinski definition) is 1. The van der Waals surface area contributed by atoms with Crippen LogP contribution in [-0.2, 0) is 12.8 Å². The van der Waals surface area contributed by atoms with Gasteiger partial charge in [-0.1, -0.05) is 12.1 Å². The monoisotopic (exact) mass is 352 g/mol. The Kier molecular flexibility index (Phi) is 5.46. The summed E-state index contributed by atoms with van der Waals surface area (Å²) in [6.07, 6.45) is 5.50. The van der Waals surface area contributed by atoms with E-state index in [1.807, 2.05) is 42.3 Å². The van der Waals surface area contributed by atoms with Crippen molar-refractivity contribution < 1.29 is 4.79 Å². The van der Waals surface area contributed by atoms with E-state index in [4.69, 9.17) is 5.26 Å². The van der Waals surface area contributed by atoms with E-state index in [9.17, 15) is 4.79 Å². The first kappa shape index (κ1) is 17.2. The zero-order valence-corrected chi connectivity index (χ0v) is 15.0. The number of carbonyl (C=O) groups excluding carboxylic acids is 1. The first-order valence-corrected chi connectivity index (χ1v) is 9.12. The highest BCUT2D eigenvalue weighted by atomic mass is 32.1. The summed E-state index contributed by atoms with van der Waals surface area (Å²) in [4.78, 5) is 16.2. The molecule has 5 nitrogen and oxygen atoms in total. The summed E-state index contributed by atoms with van der Waals surface area (Å²) in [6, 6.07) is 12.0. The van der Waals surface area contributed by atoms with Gasteiger partial charge < -0.3 is 4.90 Å². The van der Waals surface area contributed by atoms with Gasteiger partial charge in [0, 0.05) is 24.2 Å². The molecule has 0 aliphatic heterocycles. The Morgan fingerprint density at radius 1 is 1.40 bits per heavy atom. The number of nitrogens with zero attached hydrogens (tertiary/aromatic N) is 3. The average Bonchev–Trinajstić information content (AvgIpc) is 3.22. The molecule has 1 aliphatic carbocycles. The minimum absolute atomic E-state index is 0.150. The number of rotatable bonds is 6. The molecule has 0 unspecified atom stereocenters. The van der Waals surface area contributed by atoms with Crippen LogP contribution in [0.2, 0.25) is 0 Å². The van der Waals surface area contributed by atoms with E-state index >= 15 is 0 Å². The maximum absolute atomic E-state index is 12.1. The van der Waals surface area contributed by atoms with Crippen molar-refractivity contribution in [3.63, 3.8) is 0 Å². The number of hydrogen-bond acceptors (Lipinski definition) is 5. The lowest BCUT2D eigenvalue weighted by atomic mass is 10.2. The SMILES string of the molecule is CN(CCC#N)c1ccc(/C=N\NC(=O)c2cc3c(s2)CCC3)cc1. The maximum atomic E-state index is 12.1. The lowest BCUT2D eigenvalue weighted by Crippen LogP contribution is -2.18. The van der Waals surface area contributed by atoms with Crippen molar-refractivity contribution in [1.82, 2.24) is 5.43 Å². The van der Waals surface area contributed by atoms with Crippen molar-refractivity contribution in [2.75, 3.05) is 18.5 Å². The van der Waals surface area contributed by atoms with Crippen molar-refractivity contribution in [2.45, 2.75) is 25.7 Å². The fourth-order valence-corrected chi connectivity index (χ4v) is 3.97. The lowest BCUT2D eigenvalue weighted by molar-refractivity contribution is 0.0959. The molecule has 1 amide bonds. The van der Waals surface area contributed by atoms with E-state index in [0.717, 1.165) is 29.0 Å². The lowest BCUT2D eigenvalue weighted by Gasteiger charge is -2.17. The first-order chi connectivity index (χ1) is 12.2. The second kappa shape index (κ2) is 7.95. The number of benzene rings is 1. The van der Waals surface area contributed by atoms with Gasteiger partial charge in [0.1, 0.15) is 0 Å². The van der Waals surface area contributed by atoms with Crippen molar-refractivity contribution in [3.05, 3.63) is 51.2 Å². The van der Waals surface area contributed by atoms with Crippen LogP contribution in [0.15, 0.2) is 35.4 Å². The molecule has 0 spiro atoms. The Hall–Kier alpha value is -2.65. The van der Waals surface area contributed by atoms with Crippen molar-refractivity contribution >= 4 is 29.1 Å². The van der Waals surface area contributed by atoms with E-state index in [0.29, 0.717) is 13.0 Å². The molecule has 1 aromatic carbocycles. The van der Waals surface area contributed by atoms with E-state index in [1.54, 1.807) is 17.6 Å². The van der Waals surface area contributed by atoms with Gasteiger partial charge in [0.05, 0.1) is 23.6 Å². The Bertz CT molecular complexity index is 795. The number of amides is 1. The molecule has 1 aliphatic rings. The summed E-state index contributed by atoms with van der Waals surface area (Å²) >= 11 is 1.57. The van der Waals surface area contributed by atoms with E-state index in [2.05, 4.69) is 16.6 Å². The van der Waals surface area contributed by atoms with Gasteiger partial charge in [-0.05, 0) is 48.6 Å². The number of thiophene rings is 1. The molecular weight excluding hydrogens is 332 g/mol. The normalized spacial score (nSPS) is 12.8. The van der Waals surface area contributed by atoms with Crippen molar-refractivity contribution in [3.8, 4) is 6.07 Å². The zero-order chi connectivity index (χ0) is 17.6. The van der Waals surface area contributed by atoms with Crippen LogP contribution in [0.5, 0.6) is 0 Å². The summed E-state index contributed by atoms with van der Waals surface area (Å²) in [5.41, 5.74) is 5.87. The molecular formula is C19H20N4OS. The van der Waals surface area contributed by atoms with Crippen LogP contribution in [0.4, 0.5) is 5.69 Å². The van der Waals surface area contributed by atoms with Gasteiger partial charge >= 0.3 is 0 Å². The van der Waals surface area contributed by atoms with Crippen LogP contribution in [0.25, 0.3) is 0 Å². The molecule has 2 aromatic rings. The quantitative estimate of drug-likeness (QED) is 0.640. The number of anilines is 1. The molecule has 0 saturated carbocycles. The minimum atomic E-state index is -0.150. The number of carbonyl (C=O) groups is 1. The molecule has 1 N–H and O–H groups in total. The Balaban J connectivity index is 1.54. The van der Waals surface area contributed by atoms with Crippen LogP contribution in [0, 0.1) is 11.3 Å². The van der Waals surface area contributed by atoms with Crippen LogP contribution in [0.3, 0.4) is 0 Å². The highest BCUT2D eigenvalue weighted by molar-refractivity contribution is 7.14. The highest BCUT2D eigenvalue weighted by Crippen LogP contribution is 2.30. The van der Waals surface area contributed by atoms with Crippen LogP contribution in [0.1, 0.15) is 38.5 Å². The molecule has 1 aromatic heterocycles. The number of nitrogens with one attached hydrogen (secondary N) is 1. The number of aryl methyl sites for hydroxylation is 2. The molecule has 0 fully saturated rings. The summed E-state index contributed by atoms with van der Waals surface area (Å²) in [5, 5.41) is 12.7. The van der Waals surface area contributed by atoms with Gasteiger partial charge in [0.15, 0.2) is 0 Å². The summed E-state index contributed by atoms with van der Waals surface area (Å²) in [7, 11) is 1.96. The largest absolute Gasteiger partial charge is 0.374 e. The van der Waals surface area contributed by atoms with Crippen molar-refractivity contribution in [1.29, 1.82) is 5.26 Å². The topological polar surface area (TPSA) is 68.5 Å². The number of hydrazone groups is 1. The van der Waals surface area contributed by atoms with E-state index in [1.165, 1.54) is 16.9 Å². The van der Waals surface area contributed by atoms with Crippen LogP contribution in [-0.4, -0.2) is 25.7 Å². The second-order valence-corrected chi connectivity index (χ2v) is 7.17. The molecule has 25 heavy (non-hydrogen) atoms. The van der Waals surface area contributed by atoms with E-state index in [-0.39, 0.29) is 5.91 Å². The van der Waals surface area contributed by atoms with Crippen molar-refractivity contribution in [2.24, 2.45) is 5.10 Å². The van der Waals surface area contributed by atoms with Gasteiger partial charge in [0.25, 0.3) is 5.91 Å². The number of fused-ring (bicyclic) bond motifs is 1. The Morgan fingerprint density at radius 3 is 2.92 bits per heavy atom. The molecule has 0 saturated heterocycles. The third-order valence-corrected chi connectivity index (χ3v) is 5.48. The van der Waals surface area contributed by atoms with Gasteiger partial charge in [-0.3, -0.25) is 4.79 Å². The van der Waals surface area contributed by atoms with Crippen LogP contribution < -0.4 is 10.3 Å². The fraction of sp³-hybridized carbons (Fsp3) is 0.316. The predicted octanol–water partition coefficient (Wildman–Crippen LogP) is 3.35. The third kappa shape index (κ3) is 4.25. The number of nitriles is 1. The Morgan fingerprint density at radius 2 is 2.20 bits per heavy atom. The fourth-order valence-electron chi connectivity index (χ4n) is 2.82. The molecule has 128 valence electrons. The molecule has 0 bridgehead atoms. The first-order valence-electron chi connectivity index (χ1n) is 8.30. The summed E-state index contributed by atoms with van der Waals surface area (Å²) in [5.74, 6) is -0.150. The standard InChI is InChI=1S/C19H20N4OS/c1-23(11-3-10-20)16-8-6-14(7-9-16)13-21-22-19(24)18-12-15-4-2-5-17(15)25-18/h6-9,12-13H,2-5,11H2,1H3,(H,22,24)/b21-13-. The van der Waals surface area contributed by atoms with Crippen LogP contribution >= 0.6 is 11.3 Å². The maximum Gasteiger partial charge on any atom is 0.281 e. The summed E-state index contributed by atoms with van der Waals surface area (Å²) in [6.45, 7) is 0.699. The van der Waals surface area contributed by atoms with Gasteiger partial charge in [-0.25, -0.2) is 5.43 Å². The zero-order valence-electron chi connectivity index (χ0n) is 14.2. The molecule has 3 rings (SSSR count). The predicted molar refractivity (Wildman–Crippen MR) is 101 cm³/mol. The highest BCUT2D eigenvalue weighted by Gasteiger charge is 2.17. The smallest absolute Gasteiger partial charge is 0.281 e. The molecule has 6 heteroatoms. The Labute approximate surface area is 151 Å². The minimum Gasteiger partial charge on any atom is -0.374 e. The average molecular weight is 352 g/mol. The second-order valence-electron chi connectivity index (χ2n) is 6.03. The molecule has 0 atom stereocenters. The molecule has 0 radical (unpaired) electrons.